The third-order valence-electron chi connectivity index (χ3n) is 2.79. The van der Waals surface area contributed by atoms with Crippen LogP contribution in [0.15, 0.2) is 10.6 Å². The molecule has 2 heterocycles. The lowest BCUT2D eigenvalue weighted by Crippen LogP contribution is -2.48. The van der Waals surface area contributed by atoms with Gasteiger partial charge in [-0.1, -0.05) is 0 Å². The first-order chi connectivity index (χ1) is 6.68. The maximum atomic E-state index is 11.2. The van der Waals surface area contributed by atoms with Crippen LogP contribution >= 0.6 is 11.8 Å². The van der Waals surface area contributed by atoms with Crippen molar-refractivity contribution in [2.24, 2.45) is 5.92 Å². The number of carbonyl (C=O) groups is 2. The highest BCUT2D eigenvalue weighted by atomic mass is 32.2. The minimum absolute atomic E-state index is 0.0458. The van der Waals surface area contributed by atoms with Crippen molar-refractivity contribution < 1.29 is 14.7 Å². The summed E-state index contributed by atoms with van der Waals surface area (Å²) in [5.74, 6) is -0.574. The molecule has 14 heavy (non-hydrogen) atoms. The summed E-state index contributed by atoms with van der Waals surface area (Å²) in [6, 6.07) is 0. The fraction of sp³-hybridized carbons (Fsp3) is 0.556. The Morgan fingerprint density at radius 3 is 2.71 bits per heavy atom. The largest absolute Gasteiger partial charge is 0.477 e. The zero-order valence-corrected chi connectivity index (χ0v) is 8.21. The van der Waals surface area contributed by atoms with Gasteiger partial charge in [-0.05, 0) is 18.8 Å². The molecule has 3 rings (SSSR count). The van der Waals surface area contributed by atoms with Crippen LogP contribution in [0.1, 0.15) is 19.3 Å². The molecule has 1 aliphatic carbocycles. The average molecular weight is 211 g/mol. The molecule has 0 unspecified atom stereocenters. The SMILES string of the molecule is O=C(O)C1=C(C2CC2)S[C@H]2CC(=O)N12. The van der Waals surface area contributed by atoms with Gasteiger partial charge in [-0.2, -0.15) is 0 Å². The van der Waals surface area contributed by atoms with Crippen molar-refractivity contribution in [2.75, 3.05) is 0 Å². The molecule has 0 aromatic carbocycles. The predicted octanol–water partition coefficient (Wildman–Crippen LogP) is 0.998. The normalized spacial score (nSPS) is 30.4. The molecule has 1 amide bonds. The molecule has 0 aromatic heterocycles. The number of hydrogen-bond donors (Lipinski definition) is 1. The second kappa shape index (κ2) is 2.53. The Balaban J connectivity index is 2.00. The maximum absolute atomic E-state index is 11.2. The third kappa shape index (κ3) is 0.958. The van der Waals surface area contributed by atoms with Gasteiger partial charge < -0.3 is 5.11 Å². The van der Waals surface area contributed by atoms with Crippen LogP contribution in [0.5, 0.6) is 0 Å². The lowest BCUT2D eigenvalue weighted by molar-refractivity contribution is -0.145. The van der Waals surface area contributed by atoms with E-state index < -0.39 is 5.97 Å². The second-order valence-corrected chi connectivity index (χ2v) is 5.05. The van der Waals surface area contributed by atoms with Crippen molar-refractivity contribution in [3.8, 4) is 0 Å². The number of amides is 1. The van der Waals surface area contributed by atoms with Crippen LogP contribution in [0.25, 0.3) is 0 Å². The summed E-state index contributed by atoms with van der Waals surface area (Å²) >= 11 is 1.58. The molecule has 4 nitrogen and oxygen atoms in total. The van der Waals surface area contributed by atoms with Crippen molar-refractivity contribution in [3.05, 3.63) is 10.6 Å². The Bertz CT molecular complexity index is 372. The number of carboxylic acid groups (broad SMARTS) is 1. The Morgan fingerprint density at radius 2 is 2.21 bits per heavy atom. The number of β-lactam (4-membered cyclic amide) rings is 1. The number of nitrogens with zero attached hydrogens (tertiary/aromatic N) is 1. The standard InChI is InChI=1S/C9H9NO3S/c11-5-3-6-10(5)7(9(12)13)8(14-6)4-1-2-4/h4,6H,1-3H2,(H,12,13)/t6-/m0/s1. The average Bonchev–Trinajstić information content (AvgIpc) is 2.88. The topological polar surface area (TPSA) is 57.6 Å². The number of rotatable bonds is 2. The van der Waals surface area contributed by atoms with E-state index in [1.54, 1.807) is 11.8 Å². The maximum Gasteiger partial charge on any atom is 0.353 e. The molecule has 5 heteroatoms. The van der Waals surface area contributed by atoms with E-state index in [1.165, 1.54) is 4.90 Å². The molecule has 0 bridgehead atoms. The first kappa shape index (κ1) is 8.35. The Labute approximate surface area is 85.0 Å². The molecule has 0 spiro atoms. The van der Waals surface area contributed by atoms with Crippen molar-refractivity contribution in [2.45, 2.75) is 24.6 Å². The zero-order valence-electron chi connectivity index (χ0n) is 7.40. The van der Waals surface area contributed by atoms with E-state index in [4.69, 9.17) is 5.11 Å². The molecule has 2 aliphatic heterocycles. The van der Waals surface area contributed by atoms with Crippen LogP contribution in [0.4, 0.5) is 0 Å². The second-order valence-electron chi connectivity index (χ2n) is 3.83. The highest BCUT2D eigenvalue weighted by Crippen LogP contribution is 2.54. The van der Waals surface area contributed by atoms with E-state index in [2.05, 4.69) is 0 Å². The van der Waals surface area contributed by atoms with E-state index in [1.807, 2.05) is 0 Å². The molecule has 0 aromatic rings. The van der Waals surface area contributed by atoms with Gasteiger partial charge in [-0.15, -0.1) is 11.8 Å². The van der Waals surface area contributed by atoms with Gasteiger partial charge in [0.25, 0.3) is 0 Å². The molecule has 0 radical (unpaired) electrons. The van der Waals surface area contributed by atoms with Crippen molar-refractivity contribution >= 4 is 23.6 Å². The summed E-state index contributed by atoms with van der Waals surface area (Å²) in [5.41, 5.74) is 0.263. The van der Waals surface area contributed by atoms with Crippen LogP contribution < -0.4 is 0 Å². The first-order valence-corrected chi connectivity index (χ1v) is 5.52. The summed E-state index contributed by atoms with van der Waals surface area (Å²) in [5, 5.41) is 9.12. The zero-order chi connectivity index (χ0) is 9.87. The minimum Gasteiger partial charge on any atom is -0.477 e. The van der Waals surface area contributed by atoms with E-state index in [-0.39, 0.29) is 17.0 Å². The smallest absolute Gasteiger partial charge is 0.353 e. The summed E-state index contributed by atoms with van der Waals surface area (Å²) < 4.78 is 0. The predicted molar refractivity (Wildman–Crippen MR) is 50.2 cm³/mol. The van der Waals surface area contributed by atoms with Gasteiger partial charge in [-0.25, -0.2) is 4.79 Å². The molecule has 1 atom stereocenters. The van der Waals surface area contributed by atoms with Gasteiger partial charge in [0.1, 0.15) is 5.70 Å². The number of carbonyl (C=O) groups excluding carboxylic acids is 1. The Kier molecular flexibility index (Phi) is 1.51. The van der Waals surface area contributed by atoms with Gasteiger partial charge in [0.05, 0.1) is 11.8 Å². The summed E-state index contributed by atoms with van der Waals surface area (Å²) in [4.78, 5) is 24.6. The molecule has 2 fully saturated rings. The van der Waals surface area contributed by atoms with Crippen LogP contribution in [0, 0.1) is 5.92 Å². The monoisotopic (exact) mass is 211 g/mol. The molecular formula is C9H9NO3S. The van der Waals surface area contributed by atoms with Crippen LogP contribution in [0.3, 0.4) is 0 Å². The quantitative estimate of drug-likeness (QED) is 0.692. The highest BCUT2D eigenvalue weighted by molar-refractivity contribution is 8.04. The van der Waals surface area contributed by atoms with Crippen molar-refractivity contribution in [1.82, 2.24) is 4.90 Å². The summed E-state index contributed by atoms with van der Waals surface area (Å²) in [6.45, 7) is 0. The molecule has 74 valence electrons. The van der Waals surface area contributed by atoms with Crippen molar-refractivity contribution in [3.63, 3.8) is 0 Å². The number of allylic oxidation sites excluding steroid dienone is 1. The third-order valence-corrected chi connectivity index (χ3v) is 4.22. The lowest BCUT2D eigenvalue weighted by atomic mass is 10.1. The first-order valence-electron chi connectivity index (χ1n) is 4.64. The number of carboxylic acids is 1. The minimum atomic E-state index is -0.949. The summed E-state index contributed by atoms with van der Waals surface area (Å²) in [6.07, 6.45) is 2.65. The van der Waals surface area contributed by atoms with Crippen LogP contribution in [0.2, 0.25) is 0 Å². The van der Waals surface area contributed by atoms with Crippen molar-refractivity contribution in [1.29, 1.82) is 0 Å². The Hall–Kier alpha value is -0.970. The van der Waals surface area contributed by atoms with E-state index in [0.717, 1.165) is 17.7 Å². The summed E-state index contributed by atoms with van der Waals surface area (Å²) in [7, 11) is 0. The Morgan fingerprint density at radius 1 is 1.50 bits per heavy atom. The fourth-order valence-corrected chi connectivity index (χ4v) is 3.49. The number of thioether (sulfide) groups is 1. The molecular weight excluding hydrogens is 202 g/mol. The lowest BCUT2D eigenvalue weighted by Gasteiger charge is -2.33. The van der Waals surface area contributed by atoms with Gasteiger partial charge in [0, 0.05) is 4.91 Å². The van der Waals surface area contributed by atoms with E-state index in [9.17, 15) is 9.59 Å². The highest BCUT2D eigenvalue weighted by Gasteiger charge is 2.51. The van der Waals surface area contributed by atoms with Gasteiger partial charge in [0.15, 0.2) is 0 Å². The van der Waals surface area contributed by atoms with Gasteiger partial charge in [0.2, 0.25) is 5.91 Å². The molecule has 3 aliphatic rings. The molecule has 1 saturated heterocycles. The van der Waals surface area contributed by atoms with E-state index >= 15 is 0 Å². The van der Waals surface area contributed by atoms with Crippen LogP contribution in [-0.2, 0) is 9.59 Å². The van der Waals surface area contributed by atoms with Gasteiger partial charge >= 0.3 is 5.97 Å². The fourth-order valence-electron chi connectivity index (χ4n) is 1.91. The van der Waals surface area contributed by atoms with Gasteiger partial charge in [-0.3, -0.25) is 9.69 Å². The van der Waals surface area contributed by atoms with E-state index in [0.29, 0.717) is 12.3 Å². The molecule has 1 saturated carbocycles. The number of aliphatic carboxylic acids is 1. The molecule has 1 N–H and O–H groups in total. The van der Waals surface area contributed by atoms with Crippen LogP contribution in [-0.4, -0.2) is 27.3 Å². The number of hydrogen-bond acceptors (Lipinski definition) is 3. The number of fused-ring (bicyclic) bond motifs is 1.